The van der Waals surface area contributed by atoms with Gasteiger partial charge in [-0.1, -0.05) is 18.2 Å². The number of hydrogen-bond acceptors (Lipinski definition) is 17. The number of azo groups is 3. The van der Waals surface area contributed by atoms with Crippen LogP contribution in [0.25, 0.3) is 10.8 Å². The van der Waals surface area contributed by atoms with E-state index in [4.69, 9.17) is 9.99 Å². The summed E-state index contributed by atoms with van der Waals surface area (Å²) in [6.07, 6.45) is 0. The SMILES string of the molecule is COc1cc(N=Nc2cccc(SOO)c2)ccc1N=Nc1ccc(N=Nc2c(SOO)cc3ccc(Nc4cccc(S(=O)(=O)O)c4)cc3c2O)cc1C. The average molecular weight is 800 g/mol. The quantitative estimate of drug-likeness (QED) is 0.0228. The van der Waals surface area contributed by atoms with Crippen molar-refractivity contribution in [3.63, 3.8) is 0 Å². The van der Waals surface area contributed by atoms with Crippen LogP contribution in [-0.2, 0) is 18.8 Å². The Labute approximate surface area is 322 Å². The Hall–Kier alpha value is -5.77. The number of aryl methyl sites for hydroxylation is 1. The second-order valence-corrected chi connectivity index (χ2v) is 14.3. The lowest BCUT2D eigenvalue weighted by molar-refractivity contribution is -0.116. The minimum Gasteiger partial charge on any atom is -0.505 e. The highest BCUT2D eigenvalue weighted by atomic mass is 32.2. The number of phenolic OH excluding ortho intramolecular Hbond substituents is 1. The van der Waals surface area contributed by atoms with Gasteiger partial charge in [0.15, 0.2) is 5.75 Å². The summed E-state index contributed by atoms with van der Waals surface area (Å²) in [6.45, 7) is 1.82. The molecule has 0 aliphatic rings. The topological polar surface area (TPSA) is 229 Å². The molecule has 0 unspecified atom stereocenters. The summed E-state index contributed by atoms with van der Waals surface area (Å²) in [5.74, 6) is 0.174. The Morgan fingerprint density at radius 2 is 1.35 bits per heavy atom. The number of rotatable bonds is 14. The molecule has 5 N–H and O–H groups in total. The number of aromatic hydroxyl groups is 1. The van der Waals surface area contributed by atoms with Crippen LogP contribution in [0.3, 0.4) is 0 Å². The van der Waals surface area contributed by atoms with Gasteiger partial charge < -0.3 is 15.2 Å². The van der Waals surface area contributed by atoms with Crippen LogP contribution in [0.2, 0.25) is 0 Å². The highest BCUT2D eigenvalue weighted by Crippen LogP contribution is 2.45. The van der Waals surface area contributed by atoms with E-state index in [0.29, 0.717) is 73.3 Å². The normalized spacial score (nSPS) is 12.0. The van der Waals surface area contributed by atoms with Gasteiger partial charge in [-0.3, -0.25) is 4.55 Å². The van der Waals surface area contributed by atoms with Gasteiger partial charge in [-0.25, -0.2) is 10.5 Å². The van der Waals surface area contributed by atoms with E-state index in [2.05, 4.69) is 44.7 Å². The monoisotopic (exact) mass is 799 g/mol. The molecule has 0 amide bonds. The van der Waals surface area contributed by atoms with Gasteiger partial charge in [-0.05, 0) is 103 Å². The maximum absolute atomic E-state index is 11.6. The predicted molar refractivity (Wildman–Crippen MR) is 207 cm³/mol. The lowest BCUT2D eigenvalue weighted by Gasteiger charge is -2.12. The summed E-state index contributed by atoms with van der Waals surface area (Å²) in [6, 6.07) is 29.5. The van der Waals surface area contributed by atoms with E-state index in [0.717, 1.165) is 17.6 Å². The van der Waals surface area contributed by atoms with Crippen molar-refractivity contribution in [1.29, 1.82) is 0 Å². The highest BCUT2D eigenvalue weighted by Gasteiger charge is 2.16. The van der Waals surface area contributed by atoms with Crippen LogP contribution in [0.4, 0.5) is 45.5 Å². The van der Waals surface area contributed by atoms with Crippen molar-refractivity contribution in [2.75, 3.05) is 12.4 Å². The maximum Gasteiger partial charge on any atom is 0.294 e. The molecule has 0 atom stereocenters. The Bertz CT molecular complexity index is 2570. The molecule has 0 aromatic heterocycles. The van der Waals surface area contributed by atoms with E-state index < -0.39 is 10.1 Å². The molecule has 0 radical (unpaired) electrons. The Balaban J connectivity index is 1.20. The summed E-state index contributed by atoms with van der Waals surface area (Å²) < 4.78 is 46.5. The van der Waals surface area contributed by atoms with Gasteiger partial charge in [0.1, 0.15) is 17.1 Å². The zero-order valence-corrected chi connectivity index (χ0v) is 31.1. The second kappa shape index (κ2) is 17.6. The molecule has 55 heavy (non-hydrogen) atoms. The first-order valence-electron chi connectivity index (χ1n) is 15.8. The molecule has 0 saturated heterocycles. The molecule has 0 saturated carbocycles. The van der Waals surface area contributed by atoms with Gasteiger partial charge in [-0.15, -0.1) is 10.2 Å². The van der Waals surface area contributed by atoms with Gasteiger partial charge in [0.25, 0.3) is 10.1 Å². The lowest BCUT2D eigenvalue weighted by atomic mass is 10.1. The smallest absolute Gasteiger partial charge is 0.294 e. The van der Waals surface area contributed by atoms with Gasteiger partial charge in [0.05, 0.1) is 63.7 Å². The van der Waals surface area contributed by atoms with Gasteiger partial charge in [-0.2, -0.15) is 37.5 Å². The molecule has 280 valence electrons. The Kier molecular flexibility index (Phi) is 12.4. The molecule has 19 heteroatoms. The summed E-state index contributed by atoms with van der Waals surface area (Å²) in [5, 5.41) is 59.0. The zero-order chi connectivity index (χ0) is 39.0. The van der Waals surface area contributed by atoms with Crippen molar-refractivity contribution in [2.24, 2.45) is 30.7 Å². The zero-order valence-electron chi connectivity index (χ0n) is 28.6. The molecule has 16 nitrogen and oxygen atoms in total. The molecule has 0 bridgehead atoms. The largest absolute Gasteiger partial charge is 0.505 e. The number of hydrogen-bond donors (Lipinski definition) is 5. The van der Waals surface area contributed by atoms with Crippen LogP contribution in [0, 0.1) is 6.92 Å². The molecule has 0 aliphatic carbocycles. The molecular formula is C36H29N7O9S3. The number of ether oxygens (including phenoxy) is 1. The van der Waals surface area contributed by atoms with Crippen molar-refractivity contribution >= 4 is 90.5 Å². The van der Waals surface area contributed by atoms with Crippen LogP contribution in [0.15, 0.2) is 155 Å². The van der Waals surface area contributed by atoms with Crippen molar-refractivity contribution in [1.82, 2.24) is 0 Å². The van der Waals surface area contributed by atoms with Crippen molar-refractivity contribution in [3.8, 4) is 11.5 Å². The average Bonchev–Trinajstić information content (AvgIpc) is 3.17. The third-order valence-electron chi connectivity index (χ3n) is 7.71. The summed E-state index contributed by atoms with van der Waals surface area (Å²) in [5.41, 5.74) is 4.16. The first-order valence-corrected chi connectivity index (χ1v) is 18.7. The fraction of sp³-hybridized carbons (Fsp3) is 0.0556. The van der Waals surface area contributed by atoms with Gasteiger partial charge in [0.2, 0.25) is 0 Å². The van der Waals surface area contributed by atoms with Gasteiger partial charge >= 0.3 is 0 Å². The lowest BCUT2D eigenvalue weighted by Crippen LogP contribution is -1.99. The van der Waals surface area contributed by atoms with Crippen LogP contribution < -0.4 is 10.1 Å². The van der Waals surface area contributed by atoms with Crippen LogP contribution in [0.5, 0.6) is 11.5 Å². The first kappa shape index (κ1) is 38.9. The highest BCUT2D eigenvalue weighted by molar-refractivity contribution is 7.94. The fourth-order valence-corrected chi connectivity index (χ4v) is 6.50. The maximum atomic E-state index is 11.6. The van der Waals surface area contributed by atoms with Crippen molar-refractivity contribution < 1.29 is 42.0 Å². The van der Waals surface area contributed by atoms with E-state index in [9.17, 15) is 23.3 Å². The first-order chi connectivity index (χ1) is 26.5. The fourth-order valence-electron chi connectivity index (χ4n) is 5.12. The number of fused-ring (bicyclic) bond motifs is 1. The van der Waals surface area contributed by atoms with Gasteiger partial charge in [0, 0.05) is 27.7 Å². The standard InChI is InChI=1S/C36H29N7O9S3/c1-21-15-26(11-13-31(21)41-42-32-14-12-27(20-33(32)50-2)39-38-25-6-3-7-28(17-25)53-51-45)40-43-35-34(54-52-46)16-22-9-10-24(19-30(22)36(35)44)37-23-5-4-8-29(18-23)55(47,48)49/h3-20,37,44-46H,1-2H3,(H,47,48,49). The third-order valence-corrected chi connectivity index (χ3v) is 9.64. The number of methoxy groups -OCH3 is 1. The number of phenols is 1. The van der Waals surface area contributed by atoms with Crippen LogP contribution in [0.1, 0.15) is 5.56 Å². The number of benzene rings is 6. The van der Waals surface area contributed by atoms with E-state index in [1.54, 1.807) is 91.0 Å². The Morgan fingerprint density at radius 1 is 0.673 bits per heavy atom. The predicted octanol–water partition coefficient (Wildman–Crippen LogP) is 12.1. The van der Waals surface area contributed by atoms with E-state index in [-0.39, 0.29) is 21.2 Å². The minimum absolute atomic E-state index is 0.0254. The minimum atomic E-state index is -4.40. The van der Waals surface area contributed by atoms with Crippen LogP contribution in [-0.4, -0.2) is 35.7 Å². The molecule has 0 spiro atoms. The molecule has 6 aromatic carbocycles. The second-order valence-electron chi connectivity index (χ2n) is 11.4. The number of anilines is 2. The van der Waals surface area contributed by atoms with Crippen LogP contribution >= 0.6 is 24.1 Å². The van der Waals surface area contributed by atoms with Crippen molar-refractivity contribution in [3.05, 3.63) is 115 Å². The van der Waals surface area contributed by atoms with Crippen molar-refractivity contribution in [2.45, 2.75) is 21.6 Å². The van der Waals surface area contributed by atoms with E-state index >= 15 is 0 Å². The molecule has 0 aliphatic heterocycles. The molecule has 0 heterocycles. The van der Waals surface area contributed by atoms with E-state index in [1.807, 2.05) is 6.92 Å². The number of nitrogens with zero attached hydrogens (tertiary/aromatic N) is 6. The summed E-state index contributed by atoms with van der Waals surface area (Å²) in [7, 11) is -2.90. The molecule has 6 aromatic rings. The summed E-state index contributed by atoms with van der Waals surface area (Å²) >= 11 is 1.37. The van der Waals surface area contributed by atoms with E-state index in [1.165, 1.54) is 25.3 Å². The number of nitrogens with one attached hydrogen (secondary N) is 1. The molecule has 0 fully saturated rings. The third kappa shape index (κ3) is 9.86. The molecular weight excluding hydrogens is 771 g/mol. The Morgan fingerprint density at radius 3 is 2.07 bits per heavy atom. The summed E-state index contributed by atoms with van der Waals surface area (Å²) in [4.78, 5) is 0.659. The molecule has 6 rings (SSSR count).